The van der Waals surface area contributed by atoms with E-state index < -0.39 is 0 Å². The van der Waals surface area contributed by atoms with Gasteiger partial charge in [-0.3, -0.25) is 14.4 Å². The smallest absolute Gasteiger partial charge is 0.264 e. The number of piperazine rings is 1. The maximum absolute atomic E-state index is 13.1. The third-order valence-electron chi connectivity index (χ3n) is 6.14. The Morgan fingerprint density at radius 3 is 2.41 bits per heavy atom. The topological polar surface area (TPSA) is 79.4 Å². The SMILES string of the molecule is Cc1ccc(C(=O)N2CCN(C(=O)C3CC(=O)N(c4ccc5c(c4)OCCO5)C3)CC2)s1. The molecule has 1 aromatic carbocycles. The number of aryl methyl sites for hydroxylation is 1. The van der Waals surface area contributed by atoms with Gasteiger partial charge in [0.1, 0.15) is 13.2 Å². The third-order valence-corrected chi connectivity index (χ3v) is 7.13. The molecule has 1 unspecified atom stereocenters. The van der Waals surface area contributed by atoms with Crippen molar-refractivity contribution < 1.29 is 23.9 Å². The molecule has 0 N–H and O–H groups in total. The van der Waals surface area contributed by atoms with Crippen LogP contribution in [0.4, 0.5) is 5.69 Å². The molecule has 3 aliphatic heterocycles. The molecule has 0 spiro atoms. The lowest BCUT2D eigenvalue weighted by atomic mass is 10.1. The summed E-state index contributed by atoms with van der Waals surface area (Å²) in [5.74, 6) is 0.857. The van der Waals surface area contributed by atoms with Crippen LogP contribution in [0.3, 0.4) is 0 Å². The molecule has 0 saturated carbocycles. The Balaban J connectivity index is 1.20. The predicted molar refractivity (Wildman–Crippen MR) is 119 cm³/mol. The summed E-state index contributed by atoms with van der Waals surface area (Å²) in [6.45, 7) is 5.32. The van der Waals surface area contributed by atoms with Gasteiger partial charge in [0.25, 0.3) is 5.91 Å². The van der Waals surface area contributed by atoms with Gasteiger partial charge in [0.15, 0.2) is 11.5 Å². The summed E-state index contributed by atoms with van der Waals surface area (Å²) in [6.07, 6.45) is 0.195. The number of nitrogens with zero attached hydrogens (tertiary/aromatic N) is 3. The second-order valence-corrected chi connectivity index (χ2v) is 9.55. The van der Waals surface area contributed by atoms with Gasteiger partial charge in [-0.1, -0.05) is 0 Å². The highest BCUT2D eigenvalue weighted by Crippen LogP contribution is 2.36. The molecule has 2 fully saturated rings. The molecule has 9 heteroatoms. The minimum Gasteiger partial charge on any atom is -0.486 e. The maximum Gasteiger partial charge on any atom is 0.264 e. The lowest BCUT2D eigenvalue weighted by molar-refractivity contribution is -0.137. The van der Waals surface area contributed by atoms with Crippen LogP contribution in [0.2, 0.25) is 0 Å². The van der Waals surface area contributed by atoms with E-state index in [1.807, 2.05) is 25.1 Å². The number of anilines is 1. The molecule has 1 aromatic heterocycles. The van der Waals surface area contributed by atoms with Crippen LogP contribution in [0.5, 0.6) is 11.5 Å². The molecular formula is C23H25N3O5S. The zero-order valence-electron chi connectivity index (χ0n) is 17.9. The average molecular weight is 456 g/mol. The Labute approximate surface area is 190 Å². The van der Waals surface area contributed by atoms with E-state index in [1.165, 1.54) is 11.3 Å². The van der Waals surface area contributed by atoms with Crippen molar-refractivity contribution in [1.82, 2.24) is 9.80 Å². The van der Waals surface area contributed by atoms with Gasteiger partial charge in [-0.05, 0) is 31.2 Å². The van der Waals surface area contributed by atoms with E-state index in [0.717, 1.165) is 15.4 Å². The van der Waals surface area contributed by atoms with E-state index in [4.69, 9.17) is 9.47 Å². The first kappa shape index (κ1) is 20.8. The van der Waals surface area contributed by atoms with Gasteiger partial charge >= 0.3 is 0 Å². The van der Waals surface area contributed by atoms with Crippen LogP contribution in [0, 0.1) is 12.8 Å². The van der Waals surface area contributed by atoms with Gasteiger partial charge in [-0.2, -0.15) is 0 Å². The van der Waals surface area contributed by atoms with Crippen LogP contribution in [0.1, 0.15) is 21.0 Å². The van der Waals surface area contributed by atoms with Crippen molar-refractivity contribution in [1.29, 1.82) is 0 Å². The fraction of sp³-hybridized carbons (Fsp3) is 0.435. The lowest BCUT2D eigenvalue weighted by Gasteiger charge is -2.35. The van der Waals surface area contributed by atoms with Gasteiger partial charge in [0.05, 0.1) is 10.8 Å². The van der Waals surface area contributed by atoms with E-state index >= 15 is 0 Å². The molecule has 8 nitrogen and oxygen atoms in total. The molecule has 0 bridgehead atoms. The van der Waals surface area contributed by atoms with Crippen molar-refractivity contribution in [2.45, 2.75) is 13.3 Å². The number of fused-ring (bicyclic) bond motifs is 1. The van der Waals surface area contributed by atoms with Crippen LogP contribution >= 0.6 is 11.3 Å². The summed E-state index contributed by atoms with van der Waals surface area (Å²) in [5, 5.41) is 0. The highest BCUT2D eigenvalue weighted by molar-refractivity contribution is 7.13. The monoisotopic (exact) mass is 455 g/mol. The van der Waals surface area contributed by atoms with E-state index in [-0.39, 0.29) is 30.1 Å². The quantitative estimate of drug-likeness (QED) is 0.709. The van der Waals surface area contributed by atoms with E-state index in [0.29, 0.717) is 57.4 Å². The van der Waals surface area contributed by atoms with Gasteiger partial charge in [0.2, 0.25) is 11.8 Å². The molecule has 0 radical (unpaired) electrons. The van der Waals surface area contributed by atoms with Crippen molar-refractivity contribution >= 4 is 34.7 Å². The normalized spacial score (nSPS) is 20.6. The molecule has 32 heavy (non-hydrogen) atoms. The van der Waals surface area contributed by atoms with Gasteiger partial charge < -0.3 is 24.2 Å². The molecule has 168 valence electrons. The van der Waals surface area contributed by atoms with Crippen LogP contribution in [0.25, 0.3) is 0 Å². The van der Waals surface area contributed by atoms with Crippen molar-refractivity contribution in [3.63, 3.8) is 0 Å². The molecule has 3 aliphatic rings. The molecule has 3 amide bonds. The second kappa shape index (κ2) is 8.46. The molecule has 5 rings (SSSR count). The number of rotatable bonds is 3. The second-order valence-electron chi connectivity index (χ2n) is 8.26. The fourth-order valence-corrected chi connectivity index (χ4v) is 5.25. The minimum atomic E-state index is -0.377. The summed E-state index contributed by atoms with van der Waals surface area (Å²) in [6, 6.07) is 9.24. The average Bonchev–Trinajstić information content (AvgIpc) is 3.43. The summed E-state index contributed by atoms with van der Waals surface area (Å²) in [4.78, 5) is 45.5. The summed E-state index contributed by atoms with van der Waals surface area (Å²) in [5.41, 5.74) is 0.719. The minimum absolute atomic E-state index is 0.0162. The number of hydrogen-bond donors (Lipinski definition) is 0. The third kappa shape index (κ3) is 3.92. The molecule has 0 aliphatic carbocycles. The molecular weight excluding hydrogens is 430 g/mol. The van der Waals surface area contributed by atoms with Gasteiger partial charge in [0, 0.05) is 55.8 Å². The number of thiophene rings is 1. The standard InChI is InChI=1S/C23H25N3O5S/c1-15-2-5-20(32-15)23(29)25-8-6-24(7-9-25)22(28)16-12-21(27)26(14-16)17-3-4-18-19(13-17)31-11-10-30-18/h2-5,13,16H,6-12,14H2,1H3. The first-order valence-electron chi connectivity index (χ1n) is 10.8. The first-order valence-corrected chi connectivity index (χ1v) is 11.7. The Morgan fingerprint density at radius 2 is 1.69 bits per heavy atom. The molecule has 4 heterocycles. The Morgan fingerprint density at radius 1 is 0.969 bits per heavy atom. The molecule has 2 saturated heterocycles. The van der Waals surface area contributed by atoms with E-state index in [2.05, 4.69) is 0 Å². The molecule has 1 atom stereocenters. The summed E-state index contributed by atoms with van der Waals surface area (Å²) < 4.78 is 11.2. The fourth-order valence-electron chi connectivity index (χ4n) is 4.42. The Bertz CT molecular complexity index is 1060. The van der Waals surface area contributed by atoms with Crippen molar-refractivity contribution in [3.8, 4) is 11.5 Å². The van der Waals surface area contributed by atoms with Crippen LogP contribution < -0.4 is 14.4 Å². The predicted octanol–water partition coefficient (Wildman–Crippen LogP) is 2.17. The van der Waals surface area contributed by atoms with Crippen molar-refractivity contribution in [2.75, 3.05) is 50.8 Å². The zero-order valence-corrected chi connectivity index (χ0v) is 18.7. The largest absolute Gasteiger partial charge is 0.486 e. The van der Waals surface area contributed by atoms with Crippen LogP contribution in [0.15, 0.2) is 30.3 Å². The van der Waals surface area contributed by atoms with E-state index in [1.54, 1.807) is 26.8 Å². The number of ether oxygens (including phenoxy) is 2. The highest BCUT2D eigenvalue weighted by atomic mass is 32.1. The van der Waals surface area contributed by atoms with Crippen molar-refractivity contribution in [2.24, 2.45) is 5.92 Å². The van der Waals surface area contributed by atoms with Crippen LogP contribution in [-0.4, -0.2) is 73.5 Å². The number of carbonyl (C=O) groups excluding carboxylic acids is 3. The Hall–Kier alpha value is -3.07. The number of amides is 3. The summed E-state index contributed by atoms with van der Waals surface area (Å²) in [7, 11) is 0. The van der Waals surface area contributed by atoms with E-state index in [9.17, 15) is 14.4 Å². The van der Waals surface area contributed by atoms with Gasteiger partial charge in [-0.25, -0.2) is 0 Å². The number of benzene rings is 1. The number of carbonyl (C=O) groups is 3. The highest BCUT2D eigenvalue weighted by Gasteiger charge is 2.38. The van der Waals surface area contributed by atoms with Crippen LogP contribution in [-0.2, 0) is 9.59 Å². The zero-order chi connectivity index (χ0) is 22.2. The lowest BCUT2D eigenvalue weighted by Crippen LogP contribution is -2.52. The first-order chi connectivity index (χ1) is 15.5. The maximum atomic E-state index is 13.1. The van der Waals surface area contributed by atoms with Gasteiger partial charge in [-0.15, -0.1) is 11.3 Å². The van der Waals surface area contributed by atoms with Crippen molar-refractivity contribution in [3.05, 3.63) is 40.1 Å². The summed E-state index contributed by atoms with van der Waals surface area (Å²) >= 11 is 1.49. The molecule has 2 aromatic rings. The Kier molecular flexibility index (Phi) is 5.50. The number of hydrogen-bond acceptors (Lipinski definition) is 6.